The number of benzene rings is 2. The third-order valence-corrected chi connectivity index (χ3v) is 5.31. The molecule has 3 aromatic rings. The first-order valence-electron chi connectivity index (χ1n) is 9.14. The Labute approximate surface area is 154 Å². The summed E-state index contributed by atoms with van der Waals surface area (Å²) in [5, 5.41) is 0. The molecule has 2 heterocycles. The van der Waals surface area contributed by atoms with E-state index in [1.165, 1.54) is 5.69 Å². The normalized spacial score (nSPS) is 15.6. The van der Waals surface area contributed by atoms with Crippen LogP contribution >= 0.6 is 0 Å². The molecule has 1 aromatic heterocycles. The van der Waals surface area contributed by atoms with Gasteiger partial charge in [0.1, 0.15) is 11.6 Å². The number of hydrogen-bond donors (Lipinski definition) is 0. The van der Waals surface area contributed by atoms with Gasteiger partial charge in [-0.2, -0.15) is 0 Å². The van der Waals surface area contributed by atoms with Crippen molar-refractivity contribution >= 4 is 16.7 Å². The molecule has 0 atom stereocenters. The first-order chi connectivity index (χ1) is 12.6. The van der Waals surface area contributed by atoms with Crippen LogP contribution in [0.1, 0.15) is 11.4 Å². The van der Waals surface area contributed by atoms with Crippen molar-refractivity contribution in [2.75, 3.05) is 45.2 Å². The Morgan fingerprint density at radius 3 is 2.35 bits per heavy atom. The predicted molar refractivity (Wildman–Crippen MR) is 107 cm³/mol. The van der Waals surface area contributed by atoms with E-state index in [1.807, 2.05) is 6.07 Å². The summed E-state index contributed by atoms with van der Waals surface area (Å²) in [4.78, 5) is 9.61. The third kappa shape index (κ3) is 2.92. The van der Waals surface area contributed by atoms with Gasteiger partial charge in [0.2, 0.25) is 0 Å². The molecule has 0 spiro atoms. The standard InChI is InChI=1S/C21H26N4O/c1-15-13-18(6-8-21(15)26-4)25-16(2)22-19-7-5-17(14-20(19)25)24-11-9-23(3)10-12-24/h5-8,13-14H,9-12H2,1-4H3. The molecular formula is C21H26N4O. The highest BCUT2D eigenvalue weighted by atomic mass is 16.5. The molecule has 136 valence electrons. The van der Waals surface area contributed by atoms with Gasteiger partial charge in [-0.1, -0.05) is 0 Å². The lowest BCUT2D eigenvalue weighted by atomic mass is 10.2. The van der Waals surface area contributed by atoms with Crippen LogP contribution in [-0.2, 0) is 0 Å². The van der Waals surface area contributed by atoms with Gasteiger partial charge in [0.05, 0.1) is 18.1 Å². The van der Waals surface area contributed by atoms with Gasteiger partial charge in [0, 0.05) is 37.6 Å². The lowest BCUT2D eigenvalue weighted by Crippen LogP contribution is -2.44. The number of hydrogen-bond acceptors (Lipinski definition) is 4. The molecule has 1 aliphatic rings. The maximum absolute atomic E-state index is 5.41. The van der Waals surface area contributed by atoms with E-state index in [4.69, 9.17) is 9.72 Å². The molecule has 0 aliphatic carbocycles. The third-order valence-electron chi connectivity index (χ3n) is 5.31. The van der Waals surface area contributed by atoms with Gasteiger partial charge < -0.3 is 14.5 Å². The van der Waals surface area contributed by atoms with Crippen molar-refractivity contribution in [3.63, 3.8) is 0 Å². The van der Waals surface area contributed by atoms with Crippen molar-refractivity contribution in [3.05, 3.63) is 47.8 Å². The minimum absolute atomic E-state index is 0.911. The van der Waals surface area contributed by atoms with Crippen LogP contribution in [0.4, 0.5) is 5.69 Å². The highest BCUT2D eigenvalue weighted by molar-refractivity contribution is 5.82. The number of imidazole rings is 1. The molecule has 26 heavy (non-hydrogen) atoms. The molecule has 2 aromatic carbocycles. The largest absolute Gasteiger partial charge is 0.496 e. The van der Waals surface area contributed by atoms with Gasteiger partial charge in [-0.25, -0.2) is 4.98 Å². The van der Waals surface area contributed by atoms with E-state index in [1.54, 1.807) is 7.11 Å². The maximum atomic E-state index is 5.41. The summed E-state index contributed by atoms with van der Waals surface area (Å²) in [6.07, 6.45) is 0. The number of ether oxygens (including phenoxy) is 1. The summed E-state index contributed by atoms with van der Waals surface area (Å²) in [5.74, 6) is 1.91. The molecule has 1 fully saturated rings. The van der Waals surface area contributed by atoms with Crippen LogP contribution in [0.15, 0.2) is 36.4 Å². The van der Waals surface area contributed by atoms with E-state index in [0.29, 0.717) is 0 Å². The monoisotopic (exact) mass is 350 g/mol. The Hall–Kier alpha value is -2.53. The fourth-order valence-corrected chi connectivity index (χ4v) is 3.77. The molecule has 5 nitrogen and oxygen atoms in total. The highest BCUT2D eigenvalue weighted by Crippen LogP contribution is 2.28. The second kappa shape index (κ2) is 6.65. The lowest BCUT2D eigenvalue weighted by Gasteiger charge is -2.34. The van der Waals surface area contributed by atoms with Crippen LogP contribution in [-0.4, -0.2) is 54.8 Å². The van der Waals surface area contributed by atoms with Gasteiger partial charge in [-0.05, 0) is 62.9 Å². The molecule has 0 bridgehead atoms. The fraction of sp³-hybridized carbons (Fsp3) is 0.381. The molecule has 4 rings (SSSR count). The summed E-state index contributed by atoms with van der Waals surface area (Å²) in [5.41, 5.74) is 5.72. The summed E-state index contributed by atoms with van der Waals surface area (Å²) >= 11 is 0. The van der Waals surface area contributed by atoms with Crippen molar-refractivity contribution in [1.82, 2.24) is 14.5 Å². The summed E-state index contributed by atoms with van der Waals surface area (Å²) < 4.78 is 7.64. The van der Waals surface area contributed by atoms with Crippen LogP contribution in [0, 0.1) is 13.8 Å². The quantitative estimate of drug-likeness (QED) is 0.725. The molecule has 0 amide bonds. The number of likely N-dealkylation sites (N-methyl/N-ethyl adjacent to an activating group) is 1. The number of nitrogens with zero attached hydrogens (tertiary/aromatic N) is 4. The Morgan fingerprint density at radius 2 is 1.65 bits per heavy atom. The topological polar surface area (TPSA) is 33.5 Å². The van der Waals surface area contributed by atoms with Crippen LogP contribution in [0.5, 0.6) is 5.75 Å². The minimum atomic E-state index is 0.911. The van der Waals surface area contributed by atoms with Crippen LogP contribution in [0.3, 0.4) is 0 Å². The molecular weight excluding hydrogens is 324 g/mol. The van der Waals surface area contributed by atoms with E-state index in [-0.39, 0.29) is 0 Å². The minimum Gasteiger partial charge on any atom is -0.496 e. The first kappa shape index (κ1) is 16.9. The molecule has 0 N–H and O–H groups in total. The molecule has 0 unspecified atom stereocenters. The zero-order valence-electron chi connectivity index (χ0n) is 16.0. The van der Waals surface area contributed by atoms with Crippen LogP contribution < -0.4 is 9.64 Å². The van der Waals surface area contributed by atoms with E-state index in [2.05, 4.69) is 65.6 Å². The predicted octanol–water partition coefficient (Wildman–Crippen LogP) is 3.40. The zero-order valence-corrected chi connectivity index (χ0v) is 16.0. The summed E-state index contributed by atoms with van der Waals surface area (Å²) in [7, 11) is 3.90. The Morgan fingerprint density at radius 1 is 0.923 bits per heavy atom. The average Bonchev–Trinajstić information content (AvgIpc) is 2.97. The van der Waals surface area contributed by atoms with E-state index < -0.39 is 0 Å². The first-order valence-corrected chi connectivity index (χ1v) is 9.14. The van der Waals surface area contributed by atoms with Gasteiger partial charge in [0.15, 0.2) is 0 Å². The summed E-state index contributed by atoms with van der Waals surface area (Å²) in [6.45, 7) is 8.48. The molecule has 1 saturated heterocycles. The smallest absolute Gasteiger partial charge is 0.121 e. The van der Waals surface area contributed by atoms with Crippen molar-refractivity contribution in [2.24, 2.45) is 0 Å². The van der Waals surface area contributed by atoms with E-state index >= 15 is 0 Å². The highest BCUT2D eigenvalue weighted by Gasteiger charge is 2.17. The maximum Gasteiger partial charge on any atom is 0.121 e. The van der Waals surface area contributed by atoms with Crippen LogP contribution in [0.2, 0.25) is 0 Å². The number of anilines is 1. The number of methoxy groups -OCH3 is 1. The van der Waals surface area contributed by atoms with E-state index in [9.17, 15) is 0 Å². The van der Waals surface area contributed by atoms with Crippen LogP contribution in [0.25, 0.3) is 16.7 Å². The van der Waals surface area contributed by atoms with Gasteiger partial charge in [-0.15, -0.1) is 0 Å². The second-order valence-corrected chi connectivity index (χ2v) is 7.11. The van der Waals surface area contributed by atoms with Gasteiger partial charge in [0.25, 0.3) is 0 Å². The Balaban J connectivity index is 1.78. The van der Waals surface area contributed by atoms with Crippen molar-refractivity contribution in [2.45, 2.75) is 13.8 Å². The number of aromatic nitrogens is 2. The van der Waals surface area contributed by atoms with Crippen molar-refractivity contribution in [3.8, 4) is 11.4 Å². The van der Waals surface area contributed by atoms with E-state index in [0.717, 1.165) is 60.0 Å². The second-order valence-electron chi connectivity index (χ2n) is 7.11. The van der Waals surface area contributed by atoms with Crippen molar-refractivity contribution in [1.29, 1.82) is 0 Å². The zero-order chi connectivity index (χ0) is 18.3. The average molecular weight is 350 g/mol. The molecule has 0 saturated carbocycles. The SMILES string of the molecule is COc1ccc(-n2c(C)nc3ccc(N4CCN(C)CC4)cc32)cc1C. The molecule has 5 heteroatoms. The lowest BCUT2D eigenvalue weighted by molar-refractivity contribution is 0.313. The molecule has 0 radical (unpaired) electrons. The number of fused-ring (bicyclic) bond motifs is 1. The summed E-state index contributed by atoms with van der Waals surface area (Å²) in [6, 6.07) is 12.9. The fourth-order valence-electron chi connectivity index (χ4n) is 3.77. The number of aryl methyl sites for hydroxylation is 2. The molecule has 1 aliphatic heterocycles. The number of piperazine rings is 1. The number of rotatable bonds is 3. The van der Waals surface area contributed by atoms with Crippen molar-refractivity contribution < 1.29 is 4.74 Å². The van der Waals surface area contributed by atoms with Gasteiger partial charge >= 0.3 is 0 Å². The van der Waals surface area contributed by atoms with Gasteiger partial charge in [-0.3, -0.25) is 4.57 Å². The Bertz CT molecular complexity index is 939. The Kier molecular flexibility index (Phi) is 4.32.